The van der Waals surface area contributed by atoms with Crippen LogP contribution < -0.4 is 0 Å². The third-order valence-electron chi connectivity index (χ3n) is 3.68. The van der Waals surface area contributed by atoms with Crippen molar-refractivity contribution in [3.8, 4) is 5.69 Å². The van der Waals surface area contributed by atoms with Gasteiger partial charge >= 0.3 is 0 Å². The lowest BCUT2D eigenvalue weighted by molar-refractivity contribution is 0.589. The molecule has 0 atom stereocenters. The highest BCUT2D eigenvalue weighted by Crippen LogP contribution is 2.16. The fraction of sp³-hybridized carbons (Fsp3) is 0.412. The first-order valence-electron chi connectivity index (χ1n) is 7.96. The Morgan fingerprint density at radius 2 is 2.00 bits per heavy atom. The summed E-state index contributed by atoms with van der Waals surface area (Å²) in [5, 5.41) is 8.90. The summed E-state index contributed by atoms with van der Waals surface area (Å²) in [6.07, 6.45) is 4.93. The summed E-state index contributed by atoms with van der Waals surface area (Å²) >= 11 is 0. The van der Waals surface area contributed by atoms with Crippen molar-refractivity contribution >= 4 is 0 Å². The van der Waals surface area contributed by atoms with E-state index in [0.29, 0.717) is 5.92 Å². The standard InChI is InChI=1S/C17H22N6/c1-13(2)10-16-20-17(8-9-22-12-18-11-19-22)23(21-16)15-7-5-4-6-14(15)3/h4-7,11-13H,8-10H2,1-3H3. The third kappa shape index (κ3) is 3.64. The number of benzene rings is 1. The number of para-hydroxylation sites is 1. The summed E-state index contributed by atoms with van der Waals surface area (Å²) in [5.74, 6) is 2.40. The zero-order chi connectivity index (χ0) is 16.2. The van der Waals surface area contributed by atoms with Crippen LogP contribution in [0.1, 0.15) is 31.1 Å². The van der Waals surface area contributed by atoms with E-state index in [1.165, 1.54) is 5.56 Å². The maximum atomic E-state index is 4.76. The molecule has 1 aromatic carbocycles. The first kappa shape index (κ1) is 15.4. The molecule has 2 heterocycles. The minimum absolute atomic E-state index is 0.533. The number of aromatic nitrogens is 6. The van der Waals surface area contributed by atoms with Gasteiger partial charge in [-0.3, -0.25) is 4.68 Å². The second-order valence-electron chi connectivity index (χ2n) is 6.15. The van der Waals surface area contributed by atoms with E-state index < -0.39 is 0 Å². The van der Waals surface area contributed by atoms with Crippen LogP contribution in [-0.2, 0) is 19.4 Å². The van der Waals surface area contributed by atoms with Gasteiger partial charge in [-0.25, -0.2) is 14.6 Å². The Labute approximate surface area is 136 Å². The van der Waals surface area contributed by atoms with Gasteiger partial charge in [0.1, 0.15) is 18.5 Å². The van der Waals surface area contributed by atoms with Crippen molar-refractivity contribution in [1.82, 2.24) is 29.5 Å². The average Bonchev–Trinajstić information content (AvgIpc) is 3.14. The van der Waals surface area contributed by atoms with Crippen molar-refractivity contribution in [3.63, 3.8) is 0 Å². The van der Waals surface area contributed by atoms with E-state index in [-0.39, 0.29) is 0 Å². The SMILES string of the molecule is Cc1ccccc1-n1nc(CC(C)C)nc1CCn1cncn1. The highest BCUT2D eigenvalue weighted by atomic mass is 15.4. The Hall–Kier alpha value is -2.50. The number of hydrogen-bond acceptors (Lipinski definition) is 4. The molecule has 0 spiro atoms. The quantitative estimate of drug-likeness (QED) is 0.702. The van der Waals surface area contributed by atoms with Gasteiger partial charge in [-0.2, -0.15) is 10.2 Å². The number of rotatable bonds is 6. The number of hydrogen-bond donors (Lipinski definition) is 0. The van der Waals surface area contributed by atoms with Gasteiger partial charge in [0.25, 0.3) is 0 Å². The van der Waals surface area contributed by atoms with Crippen LogP contribution in [0.4, 0.5) is 0 Å². The fourth-order valence-electron chi connectivity index (χ4n) is 2.56. The molecule has 23 heavy (non-hydrogen) atoms. The van der Waals surface area contributed by atoms with Gasteiger partial charge in [-0.15, -0.1) is 0 Å². The van der Waals surface area contributed by atoms with Crippen molar-refractivity contribution in [3.05, 3.63) is 54.1 Å². The summed E-state index contributed by atoms with van der Waals surface area (Å²) in [6, 6.07) is 8.26. The Morgan fingerprint density at radius 3 is 2.70 bits per heavy atom. The lowest BCUT2D eigenvalue weighted by Gasteiger charge is -2.08. The van der Waals surface area contributed by atoms with Crippen molar-refractivity contribution in [2.24, 2.45) is 5.92 Å². The summed E-state index contributed by atoms with van der Waals surface area (Å²) in [4.78, 5) is 8.74. The molecule has 0 saturated heterocycles. The molecule has 0 aliphatic carbocycles. The number of nitrogens with zero attached hydrogens (tertiary/aromatic N) is 6. The molecule has 2 aromatic heterocycles. The lowest BCUT2D eigenvalue weighted by Crippen LogP contribution is -2.09. The van der Waals surface area contributed by atoms with Crippen LogP contribution in [0.15, 0.2) is 36.9 Å². The van der Waals surface area contributed by atoms with Crippen LogP contribution in [-0.4, -0.2) is 29.5 Å². The zero-order valence-corrected chi connectivity index (χ0v) is 13.8. The molecule has 0 amide bonds. The van der Waals surface area contributed by atoms with E-state index in [1.807, 2.05) is 21.5 Å². The van der Waals surface area contributed by atoms with Gasteiger partial charge in [0.2, 0.25) is 0 Å². The molecule has 0 fully saturated rings. The van der Waals surface area contributed by atoms with Crippen LogP contribution in [0, 0.1) is 12.8 Å². The molecule has 6 heteroatoms. The van der Waals surface area contributed by atoms with Crippen molar-refractivity contribution in [2.75, 3.05) is 0 Å². The molecule has 6 nitrogen and oxygen atoms in total. The van der Waals surface area contributed by atoms with Gasteiger partial charge in [0, 0.05) is 19.4 Å². The van der Waals surface area contributed by atoms with Crippen LogP contribution >= 0.6 is 0 Å². The van der Waals surface area contributed by atoms with E-state index in [9.17, 15) is 0 Å². The monoisotopic (exact) mass is 310 g/mol. The van der Waals surface area contributed by atoms with E-state index in [0.717, 1.165) is 36.7 Å². The summed E-state index contributed by atoms with van der Waals surface area (Å²) in [6.45, 7) is 7.21. The predicted molar refractivity (Wildman–Crippen MR) is 88.4 cm³/mol. The second-order valence-corrected chi connectivity index (χ2v) is 6.15. The van der Waals surface area contributed by atoms with Crippen LogP contribution in [0.5, 0.6) is 0 Å². The Kier molecular flexibility index (Phi) is 4.50. The highest BCUT2D eigenvalue weighted by Gasteiger charge is 2.14. The molecular weight excluding hydrogens is 288 g/mol. The average molecular weight is 310 g/mol. The normalized spacial score (nSPS) is 11.3. The predicted octanol–water partition coefficient (Wildman–Crippen LogP) is 2.61. The van der Waals surface area contributed by atoms with E-state index in [4.69, 9.17) is 10.1 Å². The van der Waals surface area contributed by atoms with Gasteiger partial charge < -0.3 is 0 Å². The largest absolute Gasteiger partial charge is 0.253 e. The van der Waals surface area contributed by atoms with Gasteiger partial charge in [0.05, 0.1) is 5.69 Å². The van der Waals surface area contributed by atoms with Gasteiger partial charge in [-0.1, -0.05) is 32.0 Å². The van der Waals surface area contributed by atoms with Crippen LogP contribution in [0.2, 0.25) is 0 Å². The Morgan fingerprint density at radius 1 is 1.17 bits per heavy atom. The molecule has 0 N–H and O–H groups in total. The van der Waals surface area contributed by atoms with E-state index in [1.54, 1.807) is 12.7 Å². The Bertz CT molecular complexity index is 757. The highest BCUT2D eigenvalue weighted by molar-refractivity contribution is 5.39. The molecule has 0 bridgehead atoms. The molecule has 0 saturated carbocycles. The van der Waals surface area contributed by atoms with Crippen LogP contribution in [0.25, 0.3) is 5.69 Å². The lowest BCUT2D eigenvalue weighted by atomic mass is 10.1. The maximum Gasteiger partial charge on any atom is 0.151 e. The number of aryl methyl sites for hydroxylation is 3. The van der Waals surface area contributed by atoms with Crippen LogP contribution in [0.3, 0.4) is 0 Å². The fourth-order valence-corrected chi connectivity index (χ4v) is 2.56. The summed E-state index contributed by atoms with van der Waals surface area (Å²) < 4.78 is 3.79. The topological polar surface area (TPSA) is 61.4 Å². The molecule has 3 aromatic rings. The summed E-state index contributed by atoms with van der Waals surface area (Å²) in [5.41, 5.74) is 2.28. The first-order chi connectivity index (χ1) is 11.1. The minimum atomic E-state index is 0.533. The zero-order valence-electron chi connectivity index (χ0n) is 13.8. The molecule has 0 aliphatic rings. The molecular formula is C17H22N6. The minimum Gasteiger partial charge on any atom is -0.253 e. The first-order valence-corrected chi connectivity index (χ1v) is 7.96. The summed E-state index contributed by atoms with van der Waals surface area (Å²) in [7, 11) is 0. The Balaban J connectivity index is 1.92. The van der Waals surface area contributed by atoms with Crippen molar-refractivity contribution in [2.45, 2.75) is 40.2 Å². The van der Waals surface area contributed by atoms with E-state index in [2.05, 4.69) is 43.0 Å². The van der Waals surface area contributed by atoms with Gasteiger partial charge in [-0.05, 0) is 24.5 Å². The maximum absolute atomic E-state index is 4.76. The molecule has 0 aliphatic heterocycles. The van der Waals surface area contributed by atoms with Crippen molar-refractivity contribution in [1.29, 1.82) is 0 Å². The molecule has 120 valence electrons. The molecule has 3 rings (SSSR count). The molecule has 0 radical (unpaired) electrons. The third-order valence-corrected chi connectivity index (χ3v) is 3.68. The second kappa shape index (κ2) is 6.73. The molecule has 0 unspecified atom stereocenters. The van der Waals surface area contributed by atoms with E-state index >= 15 is 0 Å². The smallest absolute Gasteiger partial charge is 0.151 e. The van der Waals surface area contributed by atoms with Crippen molar-refractivity contribution < 1.29 is 0 Å². The van der Waals surface area contributed by atoms with Gasteiger partial charge in [0.15, 0.2) is 5.82 Å².